The molecule has 0 bridgehead atoms. The third kappa shape index (κ3) is 3.32. The number of carbonyl (C=O) groups is 1. The summed E-state index contributed by atoms with van der Waals surface area (Å²) in [5.74, 6) is -0.644. The Hall–Kier alpha value is -1.42. The van der Waals surface area contributed by atoms with E-state index in [0.29, 0.717) is 13.1 Å². The van der Waals surface area contributed by atoms with Crippen molar-refractivity contribution in [2.45, 2.75) is 39.2 Å². The molecule has 0 amide bonds. The van der Waals surface area contributed by atoms with Crippen molar-refractivity contribution in [3.63, 3.8) is 0 Å². The molecular weight excluding hydrogens is 240 g/mol. The highest BCUT2D eigenvalue weighted by Gasteiger charge is 2.41. The first-order chi connectivity index (χ1) is 9.02. The summed E-state index contributed by atoms with van der Waals surface area (Å²) >= 11 is 0. The van der Waals surface area contributed by atoms with Crippen LogP contribution in [0.3, 0.4) is 0 Å². The molecule has 19 heavy (non-hydrogen) atoms. The van der Waals surface area contributed by atoms with Gasteiger partial charge in [0.15, 0.2) is 0 Å². The molecule has 4 nitrogen and oxygen atoms in total. The van der Waals surface area contributed by atoms with Crippen molar-refractivity contribution in [2.24, 2.45) is 5.41 Å². The van der Waals surface area contributed by atoms with Crippen molar-refractivity contribution in [2.75, 3.05) is 13.6 Å². The number of aliphatic carboxylic acids is 1. The van der Waals surface area contributed by atoms with Gasteiger partial charge in [-0.2, -0.15) is 0 Å². The molecule has 1 N–H and O–H groups in total. The fraction of sp³-hybridized carbons (Fsp3) is 0.600. The van der Waals surface area contributed by atoms with Gasteiger partial charge < -0.3 is 5.11 Å². The van der Waals surface area contributed by atoms with E-state index >= 15 is 0 Å². The molecule has 0 atom stereocenters. The standard InChI is InChI=1S/C15H22N2O2/c1-12-6-5-7-13(16-12)10-17(2)11-15(14(18)19)8-3-4-9-15/h5-7H,3-4,8-11H2,1-2H3,(H,18,19). The zero-order chi connectivity index (χ0) is 13.9. The maximum Gasteiger partial charge on any atom is 0.310 e. The Morgan fingerprint density at radius 2 is 2.11 bits per heavy atom. The van der Waals surface area contributed by atoms with E-state index in [0.717, 1.165) is 37.1 Å². The van der Waals surface area contributed by atoms with Crippen LogP contribution in [-0.2, 0) is 11.3 Å². The van der Waals surface area contributed by atoms with Crippen LogP contribution in [0.4, 0.5) is 0 Å². The average Bonchev–Trinajstić information content (AvgIpc) is 2.78. The Kier molecular flexibility index (Phi) is 4.20. The van der Waals surface area contributed by atoms with E-state index in [4.69, 9.17) is 0 Å². The Morgan fingerprint density at radius 3 is 2.68 bits per heavy atom. The Labute approximate surface area is 114 Å². The van der Waals surface area contributed by atoms with Crippen LogP contribution in [0.2, 0.25) is 0 Å². The van der Waals surface area contributed by atoms with Crippen molar-refractivity contribution >= 4 is 5.97 Å². The van der Waals surface area contributed by atoms with E-state index < -0.39 is 11.4 Å². The number of carboxylic acids is 1. The summed E-state index contributed by atoms with van der Waals surface area (Å²) in [7, 11) is 1.98. The maximum atomic E-state index is 11.5. The fourth-order valence-electron chi connectivity index (χ4n) is 3.03. The lowest BCUT2D eigenvalue weighted by Crippen LogP contribution is -2.39. The lowest BCUT2D eigenvalue weighted by Gasteiger charge is -2.29. The van der Waals surface area contributed by atoms with Crippen LogP contribution in [0.5, 0.6) is 0 Å². The van der Waals surface area contributed by atoms with Gasteiger partial charge in [-0.3, -0.25) is 14.7 Å². The van der Waals surface area contributed by atoms with Crippen molar-refractivity contribution in [3.8, 4) is 0 Å². The highest BCUT2D eigenvalue weighted by molar-refractivity contribution is 5.75. The first-order valence-electron chi connectivity index (χ1n) is 6.86. The van der Waals surface area contributed by atoms with Gasteiger partial charge in [-0.15, -0.1) is 0 Å². The zero-order valence-electron chi connectivity index (χ0n) is 11.7. The highest BCUT2D eigenvalue weighted by Crippen LogP contribution is 2.39. The van der Waals surface area contributed by atoms with E-state index in [2.05, 4.69) is 9.88 Å². The number of nitrogens with zero attached hydrogens (tertiary/aromatic N) is 2. The number of hydrogen-bond acceptors (Lipinski definition) is 3. The molecule has 4 heteroatoms. The van der Waals surface area contributed by atoms with Gasteiger partial charge in [0, 0.05) is 18.8 Å². The minimum absolute atomic E-state index is 0.543. The van der Waals surface area contributed by atoms with Crippen LogP contribution in [0.15, 0.2) is 18.2 Å². The van der Waals surface area contributed by atoms with Gasteiger partial charge in [-0.05, 0) is 38.9 Å². The largest absolute Gasteiger partial charge is 0.481 e. The number of aromatic nitrogens is 1. The molecule has 1 heterocycles. The SMILES string of the molecule is Cc1cccc(CN(C)CC2(C(=O)O)CCCC2)n1. The van der Waals surface area contributed by atoms with Gasteiger partial charge in [0.05, 0.1) is 11.1 Å². The van der Waals surface area contributed by atoms with Gasteiger partial charge in [-0.25, -0.2) is 0 Å². The molecule has 0 saturated heterocycles. The Balaban J connectivity index is 2.00. The molecule has 104 valence electrons. The predicted octanol–water partition coefficient (Wildman–Crippen LogP) is 2.47. The molecule has 1 saturated carbocycles. The number of aryl methyl sites for hydroxylation is 1. The highest BCUT2D eigenvalue weighted by atomic mass is 16.4. The zero-order valence-corrected chi connectivity index (χ0v) is 11.7. The quantitative estimate of drug-likeness (QED) is 0.885. The minimum Gasteiger partial charge on any atom is -0.481 e. The monoisotopic (exact) mass is 262 g/mol. The van der Waals surface area contributed by atoms with Gasteiger partial charge >= 0.3 is 5.97 Å². The first kappa shape index (κ1) is 14.0. The van der Waals surface area contributed by atoms with E-state index in [1.165, 1.54) is 0 Å². The van der Waals surface area contributed by atoms with Crippen LogP contribution in [0.1, 0.15) is 37.1 Å². The van der Waals surface area contributed by atoms with E-state index in [1.807, 2.05) is 32.2 Å². The lowest BCUT2D eigenvalue weighted by molar-refractivity contribution is -0.149. The van der Waals surface area contributed by atoms with E-state index in [1.54, 1.807) is 0 Å². The first-order valence-corrected chi connectivity index (χ1v) is 6.86. The van der Waals surface area contributed by atoms with Crippen LogP contribution < -0.4 is 0 Å². The summed E-state index contributed by atoms with van der Waals surface area (Å²) in [6.07, 6.45) is 3.66. The summed E-state index contributed by atoms with van der Waals surface area (Å²) < 4.78 is 0. The number of carboxylic acid groups (broad SMARTS) is 1. The number of pyridine rings is 1. The molecule has 0 aliphatic heterocycles. The van der Waals surface area contributed by atoms with Gasteiger partial charge in [0.25, 0.3) is 0 Å². The maximum absolute atomic E-state index is 11.5. The van der Waals surface area contributed by atoms with Crippen molar-refractivity contribution in [1.82, 2.24) is 9.88 Å². The fourth-order valence-corrected chi connectivity index (χ4v) is 3.03. The summed E-state index contributed by atoms with van der Waals surface area (Å²) in [4.78, 5) is 18.1. The second kappa shape index (κ2) is 5.70. The molecule has 0 unspecified atom stereocenters. The molecular formula is C15H22N2O2. The van der Waals surface area contributed by atoms with Crippen LogP contribution in [0, 0.1) is 12.3 Å². The second-order valence-electron chi connectivity index (χ2n) is 5.74. The smallest absolute Gasteiger partial charge is 0.310 e. The topological polar surface area (TPSA) is 53.4 Å². The van der Waals surface area contributed by atoms with Crippen LogP contribution >= 0.6 is 0 Å². The van der Waals surface area contributed by atoms with Crippen molar-refractivity contribution < 1.29 is 9.90 Å². The molecule has 1 aliphatic carbocycles. The van der Waals surface area contributed by atoms with Crippen molar-refractivity contribution in [3.05, 3.63) is 29.6 Å². The lowest BCUT2D eigenvalue weighted by atomic mass is 9.86. The molecule has 0 spiro atoms. The summed E-state index contributed by atoms with van der Waals surface area (Å²) in [6.45, 7) is 3.29. The minimum atomic E-state index is -0.644. The summed E-state index contributed by atoms with van der Waals surface area (Å²) in [5.41, 5.74) is 1.46. The summed E-state index contributed by atoms with van der Waals surface area (Å²) in [5, 5.41) is 9.48. The third-order valence-corrected chi connectivity index (χ3v) is 3.96. The third-order valence-electron chi connectivity index (χ3n) is 3.96. The molecule has 2 rings (SSSR count). The summed E-state index contributed by atoms with van der Waals surface area (Å²) in [6, 6.07) is 5.96. The Morgan fingerprint density at radius 1 is 1.42 bits per heavy atom. The van der Waals surface area contributed by atoms with E-state index in [9.17, 15) is 9.90 Å². The Bertz CT molecular complexity index is 453. The second-order valence-corrected chi connectivity index (χ2v) is 5.74. The molecule has 1 aromatic heterocycles. The molecule has 1 aliphatic rings. The van der Waals surface area contributed by atoms with Crippen LogP contribution in [-0.4, -0.2) is 34.6 Å². The van der Waals surface area contributed by atoms with Gasteiger partial charge in [0.2, 0.25) is 0 Å². The number of hydrogen-bond donors (Lipinski definition) is 1. The average molecular weight is 262 g/mol. The van der Waals surface area contributed by atoms with Gasteiger partial charge in [-0.1, -0.05) is 18.9 Å². The predicted molar refractivity (Wildman–Crippen MR) is 73.8 cm³/mol. The molecule has 1 fully saturated rings. The molecule has 0 radical (unpaired) electrons. The van der Waals surface area contributed by atoms with Gasteiger partial charge in [0.1, 0.15) is 0 Å². The molecule has 1 aromatic rings. The molecule has 0 aromatic carbocycles. The van der Waals surface area contributed by atoms with E-state index in [-0.39, 0.29) is 0 Å². The normalized spacial score (nSPS) is 17.8. The van der Waals surface area contributed by atoms with Crippen LogP contribution in [0.25, 0.3) is 0 Å². The van der Waals surface area contributed by atoms with Crippen molar-refractivity contribution in [1.29, 1.82) is 0 Å². The number of rotatable bonds is 5.